The number of nitrogens with one attached hydrogen (secondary N) is 2. The fourth-order valence-electron chi connectivity index (χ4n) is 4.13. The van der Waals surface area contributed by atoms with Crippen molar-refractivity contribution in [2.24, 2.45) is 0 Å². The van der Waals surface area contributed by atoms with Crippen LogP contribution in [0.4, 0.5) is 10.2 Å². The van der Waals surface area contributed by atoms with Gasteiger partial charge in [-0.1, -0.05) is 18.2 Å². The number of anilines is 1. The molecule has 6 N–H and O–H groups in total. The molecule has 0 aliphatic carbocycles. The Morgan fingerprint density at radius 1 is 1.24 bits per heavy atom. The smallest absolute Gasteiger partial charge is 0.277 e. The average Bonchev–Trinajstić information content (AvgIpc) is 3.34. The van der Waals surface area contributed by atoms with Crippen LogP contribution in [-0.4, -0.2) is 76.7 Å². The van der Waals surface area contributed by atoms with Crippen LogP contribution in [0.15, 0.2) is 36.9 Å². The molecule has 5 rings (SSSR count). The van der Waals surface area contributed by atoms with Crippen molar-refractivity contribution < 1.29 is 32.5 Å². The lowest BCUT2D eigenvalue weighted by molar-refractivity contribution is -0.107. The number of fused-ring (bicyclic) bond motifs is 1. The number of aliphatic hydroxyl groups excluding tert-OH is 1. The van der Waals surface area contributed by atoms with E-state index in [9.17, 15) is 23.0 Å². The van der Waals surface area contributed by atoms with Gasteiger partial charge in [-0.2, -0.15) is 17.9 Å². The summed E-state index contributed by atoms with van der Waals surface area (Å²) >= 11 is 0. The lowest BCUT2D eigenvalue weighted by Gasteiger charge is -2.42. The number of nitrogen functional groups attached to an aromatic ring is 1. The molecule has 3 atom stereocenters. The standard InChI is InChI=1S/C19H22FN7O6S/c20-12-4-2-1-3-11(12)18(6-32-7-18)26-34(30,31)25-5-13-15(28)19(29,8-33-13)27-10-24-14-16(21)22-9-23-17(14)27/h1-4,9-10,13,15,25-26,28-29H,5-8H2,(H2,21,22,23)/t13-,15-,19-/m1/s1. The molecular formula is C19H22FN7O6S. The van der Waals surface area contributed by atoms with E-state index >= 15 is 0 Å². The molecule has 0 radical (unpaired) electrons. The minimum atomic E-state index is -4.18. The molecule has 3 aromatic rings. The topological polar surface area (TPSA) is 187 Å². The van der Waals surface area contributed by atoms with Crippen molar-refractivity contribution in [2.75, 3.05) is 32.1 Å². The lowest BCUT2D eigenvalue weighted by Crippen LogP contribution is -2.62. The van der Waals surface area contributed by atoms with Gasteiger partial charge in [-0.3, -0.25) is 4.57 Å². The molecule has 15 heteroatoms. The van der Waals surface area contributed by atoms with E-state index in [2.05, 4.69) is 24.4 Å². The molecule has 0 saturated carbocycles. The summed E-state index contributed by atoms with van der Waals surface area (Å²) in [6.07, 6.45) is -0.226. The number of rotatable bonds is 7. The first-order valence-electron chi connectivity index (χ1n) is 10.2. The number of imidazole rings is 1. The highest BCUT2D eigenvalue weighted by molar-refractivity contribution is 7.87. The Bertz CT molecular complexity index is 1330. The third kappa shape index (κ3) is 3.70. The number of aliphatic hydroxyl groups is 2. The summed E-state index contributed by atoms with van der Waals surface area (Å²) < 4.78 is 56.4. The Hall–Kier alpha value is -2.79. The molecule has 0 spiro atoms. The number of benzene rings is 1. The average molecular weight is 495 g/mol. The summed E-state index contributed by atoms with van der Waals surface area (Å²) in [5.41, 5.74) is 3.10. The SMILES string of the molecule is Nc1ncnc2c1ncn2[C@@]1(O)CO[C@H](CNS(=O)(=O)NC2(c3ccccc3F)COC2)[C@H]1O. The summed E-state index contributed by atoms with van der Waals surface area (Å²) in [7, 11) is -4.18. The number of ether oxygens (including phenoxy) is 2. The van der Waals surface area contributed by atoms with Gasteiger partial charge in [-0.25, -0.2) is 19.3 Å². The van der Waals surface area contributed by atoms with Crippen molar-refractivity contribution in [1.82, 2.24) is 29.0 Å². The molecule has 0 unspecified atom stereocenters. The Morgan fingerprint density at radius 2 is 2.00 bits per heavy atom. The van der Waals surface area contributed by atoms with E-state index < -0.39 is 39.5 Å². The molecule has 2 aliphatic heterocycles. The van der Waals surface area contributed by atoms with E-state index in [1.807, 2.05) is 0 Å². The number of hydrogen-bond donors (Lipinski definition) is 5. The third-order valence-electron chi connectivity index (χ3n) is 6.01. The zero-order valence-electron chi connectivity index (χ0n) is 17.6. The van der Waals surface area contributed by atoms with Gasteiger partial charge in [0.15, 0.2) is 17.2 Å². The molecular weight excluding hydrogens is 473 g/mol. The van der Waals surface area contributed by atoms with E-state index in [0.717, 1.165) is 0 Å². The van der Waals surface area contributed by atoms with Crippen LogP contribution in [0.5, 0.6) is 0 Å². The zero-order valence-corrected chi connectivity index (χ0v) is 18.4. The van der Waals surface area contributed by atoms with E-state index in [1.54, 1.807) is 6.07 Å². The van der Waals surface area contributed by atoms with Crippen LogP contribution < -0.4 is 15.2 Å². The van der Waals surface area contributed by atoms with Gasteiger partial charge in [-0.05, 0) is 6.07 Å². The number of nitrogens with zero attached hydrogens (tertiary/aromatic N) is 4. The van der Waals surface area contributed by atoms with Crippen molar-refractivity contribution in [2.45, 2.75) is 23.5 Å². The van der Waals surface area contributed by atoms with Crippen LogP contribution in [0.1, 0.15) is 5.56 Å². The minimum Gasteiger partial charge on any atom is -0.385 e. The molecule has 1 aromatic carbocycles. The Balaban J connectivity index is 1.30. The van der Waals surface area contributed by atoms with Crippen LogP contribution in [0, 0.1) is 5.82 Å². The molecule has 0 amide bonds. The van der Waals surface area contributed by atoms with Gasteiger partial charge < -0.3 is 25.4 Å². The lowest BCUT2D eigenvalue weighted by atomic mass is 9.89. The molecule has 13 nitrogen and oxygen atoms in total. The Labute approximate surface area is 192 Å². The van der Waals surface area contributed by atoms with Gasteiger partial charge in [0.05, 0.1) is 26.1 Å². The summed E-state index contributed by atoms with van der Waals surface area (Å²) in [6.45, 7) is -0.835. The Kier molecular flexibility index (Phi) is 5.51. The van der Waals surface area contributed by atoms with Crippen LogP contribution in [0.3, 0.4) is 0 Å². The number of aromatic nitrogens is 4. The maximum Gasteiger partial charge on any atom is 0.277 e. The number of hydrogen-bond acceptors (Lipinski definition) is 10. The van der Waals surface area contributed by atoms with E-state index in [-0.39, 0.29) is 48.9 Å². The fourth-order valence-corrected chi connectivity index (χ4v) is 5.33. The second kappa shape index (κ2) is 8.16. The normalized spacial score (nSPS) is 26.6. The third-order valence-corrected chi connectivity index (χ3v) is 7.21. The van der Waals surface area contributed by atoms with Crippen LogP contribution in [0.2, 0.25) is 0 Å². The first-order chi connectivity index (χ1) is 16.2. The summed E-state index contributed by atoms with van der Waals surface area (Å²) in [4.78, 5) is 11.9. The Morgan fingerprint density at radius 3 is 2.71 bits per heavy atom. The maximum atomic E-state index is 14.3. The fraction of sp³-hybridized carbons (Fsp3) is 0.421. The first-order valence-corrected chi connectivity index (χ1v) is 11.7. The van der Waals surface area contributed by atoms with Crippen molar-refractivity contribution in [3.8, 4) is 0 Å². The minimum absolute atomic E-state index is 0.0458. The molecule has 2 saturated heterocycles. The molecule has 4 heterocycles. The van der Waals surface area contributed by atoms with Crippen molar-refractivity contribution >= 4 is 27.2 Å². The highest BCUT2D eigenvalue weighted by Gasteiger charge is 2.51. The van der Waals surface area contributed by atoms with Crippen molar-refractivity contribution in [1.29, 1.82) is 0 Å². The predicted octanol–water partition coefficient (Wildman–Crippen LogP) is -1.70. The largest absolute Gasteiger partial charge is 0.385 e. The van der Waals surface area contributed by atoms with Gasteiger partial charge in [0.2, 0.25) is 0 Å². The van der Waals surface area contributed by atoms with Gasteiger partial charge in [-0.15, -0.1) is 0 Å². The molecule has 0 bridgehead atoms. The van der Waals surface area contributed by atoms with Gasteiger partial charge in [0, 0.05) is 12.1 Å². The quantitative estimate of drug-likeness (QED) is 0.253. The van der Waals surface area contributed by atoms with Crippen molar-refractivity contribution in [3.63, 3.8) is 0 Å². The second-order valence-electron chi connectivity index (χ2n) is 8.23. The summed E-state index contributed by atoms with van der Waals surface area (Å²) in [6, 6.07) is 5.82. The molecule has 2 aromatic heterocycles. The molecule has 34 heavy (non-hydrogen) atoms. The first kappa shape index (κ1) is 23.0. The zero-order chi connectivity index (χ0) is 24.1. The van der Waals surface area contributed by atoms with Crippen molar-refractivity contribution in [3.05, 3.63) is 48.3 Å². The summed E-state index contributed by atoms with van der Waals surface area (Å²) in [5.74, 6) is -0.468. The van der Waals surface area contributed by atoms with Gasteiger partial charge >= 0.3 is 0 Å². The number of halogens is 1. The maximum absolute atomic E-state index is 14.3. The molecule has 2 fully saturated rings. The van der Waals surface area contributed by atoms with Gasteiger partial charge in [0.25, 0.3) is 10.2 Å². The second-order valence-corrected chi connectivity index (χ2v) is 9.73. The van der Waals surface area contributed by atoms with Crippen LogP contribution in [-0.2, 0) is 30.9 Å². The monoisotopic (exact) mass is 495 g/mol. The van der Waals surface area contributed by atoms with E-state index in [0.29, 0.717) is 0 Å². The highest BCUT2D eigenvalue weighted by Crippen LogP contribution is 2.33. The van der Waals surface area contributed by atoms with E-state index in [4.69, 9.17) is 15.2 Å². The molecule has 182 valence electrons. The summed E-state index contributed by atoms with van der Waals surface area (Å²) in [5, 5.41) is 21.9. The highest BCUT2D eigenvalue weighted by atomic mass is 32.2. The van der Waals surface area contributed by atoms with Crippen LogP contribution >= 0.6 is 0 Å². The predicted molar refractivity (Wildman–Crippen MR) is 115 cm³/mol. The van der Waals surface area contributed by atoms with E-state index in [1.165, 1.54) is 35.4 Å². The van der Waals surface area contributed by atoms with Gasteiger partial charge in [0.1, 0.15) is 35.4 Å². The molecule has 2 aliphatic rings. The number of nitrogens with two attached hydrogens (primary N) is 1. The van der Waals surface area contributed by atoms with Crippen LogP contribution in [0.25, 0.3) is 11.2 Å².